The summed E-state index contributed by atoms with van der Waals surface area (Å²) in [5.74, 6) is 6.01. The SMILES string of the molecule is CC[C@@H](/C=C/[C@@H](C)[C@H]1CC[C@@H]2[C@@H]3CCC4=CC(=O)CC[C@]4(C)[C@@H]3CC[C@@]21C)C(C)C. The molecule has 4 aliphatic carbocycles. The Hall–Kier alpha value is -0.850. The highest BCUT2D eigenvalue weighted by Gasteiger charge is 2.59. The molecule has 0 N–H and O–H groups in total. The van der Waals surface area contributed by atoms with Crippen molar-refractivity contribution in [3.05, 3.63) is 23.8 Å². The molecule has 0 saturated heterocycles. The van der Waals surface area contributed by atoms with Gasteiger partial charge in [0.05, 0.1) is 0 Å². The van der Waals surface area contributed by atoms with E-state index in [9.17, 15) is 4.79 Å². The summed E-state index contributed by atoms with van der Waals surface area (Å²) in [6.45, 7) is 14.7. The van der Waals surface area contributed by atoms with Crippen LogP contribution in [-0.4, -0.2) is 5.78 Å². The van der Waals surface area contributed by atoms with Crippen molar-refractivity contribution >= 4 is 5.78 Å². The predicted molar refractivity (Wildman–Crippen MR) is 127 cm³/mol. The highest BCUT2D eigenvalue weighted by atomic mass is 16.1. The highest BCUT2D eigenvalue weighted by molar-refractivity contribution is 5.91. The van der Waals surface area contributed by atoms with E-state index in [1.165, 1.54) is 50.5 Å². The fraction of sp³-hybridized carbons (Fsp3) is 0.828. The molecule has 0 aromatic rings. The largest absolute Gasteiger partial charge is 0.295 e. The molecule has 0 amide bonds. The summed E-state index contributed by atoms with van der Waals surface area (Å²) < 4.78 is 0. The monoisotopic (exact) mass is 410 g/mol. The third-order valence-corrected chi connectivity index (χ3v) is 10.7. The van der Waals surface area contributed by atoms with Gasteiger partial charge in [0.15, 0.2) is 5.78 Å². The van der Waals surface area contributed by atoms with Crippen molar-refractivity contribution in [1.29, 1.82) is 0 Å². The van der Waals surface area contributed by atoms with Gasteiger partial charge in [-0.1, -0.05) is 59.3 Å². The predicted octanol–water partition coefficient (Wildman–Crippen LogP) is 8.01. The third-order valence-electron chi connectivity index (χ3n) is 10.7. The molecule has 0 heterocycles. The minimum atomic E-state index is 0.313. The van der Waals surface area contributed by atoms with E-state index >= 15 is 0 Å². The quantitative estimate of drug-likeness (QED) is 0.419. The van der Waals surface area contributed by atoms with Crippen LogP contribution in [0.2, 0.25) is 0 Å². The molecule has 3 fully saturated rings. The number of carbonyl (C=O) groups is 1. The Balaban J connectivity index is 1.52. The molecule has 4 rings (SSSR count). The Kier molecular flexibility index (Phi) is 6.15. The molecule has 1 nitrogen and oxygen atoms in total. The van der Waals surface area contributed by atoms with Gasteiger partial charge in [0.25, 0.3) is 0 Å². The van der Waals surface area contributed by atoms with Crippen LogP contribution in [0.1, 0.15) is 99.3 Å². The third kappa shape index (κ3) is 3.57. The van der Waals surface area contributed by atoms with Crippen LogP contribution in [0.5, 0.6) is 0 Å². The van der Waals surface area contributed by atoms with E-state index < -0.39 is 0 Å². The second kappa shape index (κ2) is 8.25. The first-order valence-corrected chi connectivity index (χ1v) is 13.1. The van der Waals surface area contributed by atoms with Crippen molar-refractivity contribution in [2.45, 2.75) is 99.3 Å². The van der Waals surface area contributed by atoms with E-state index in [4.69, 9.17) is 0 Å². The molecular formula is C29H46O. The lowest BCUT2D eigenvalue weighted by Crippen LogP contribution is -2.50. The van der Waals surface area contributed by atoms with Gasteiger partial charge in [0.2, 0.25) is 0 Å². The molecule has 0 radical (unpaired) electrons. The van der Waals surface area contributed by atoms with Gasteiger partial charge in [0.1, 0.15) is 0 Å². The second-order valence-corrected chi connectivity index (χ2v) is 12.3. The highest BCUT2D eigenvalue weighted by Crippen LogP contribution is 2.67. The Morgan fingerprint density at radius 2 is 1.77 bits per heavy atom. The zero-order valence-electron chi connectivity index (χ0n) is 20.5. The van der Waals surface area contributed by atoms with Gasteiger partial charge in [-0.2, -0.15) is 0 Å². The first-order chi connectivity index (χ1) is 14.2. The van der Waals surface area contributed by atoms with Crippen molar-refractivity contribution in [3.8, 4) is 0 Å². The van der Waals surface area contributed by atoms with Gasteiger partial charge in [-0.15, -0.1) is 0 Å². The summed E-state index contributed by atoms with van der Waals surface area (Å²) in [5, 5.41) is 0. The second-order valence-electron chi connectivity index (χ2n) is 12.3. The number of fused-ring (bicyclic) bond motifs is 5. The molecule has 0 aliphatic heterocycles. The van der Waals surface area contributed by atoms with Crippen molar-refractivity contribution in [1.82, 2.24) is 0 Å². The standard InChI is InChI=1S/C29H46O/c1-7-21(19(2)3)9-8-20(4)25-12-13-26-24-11-10-22-18-23(30)14-16-28(22,5)27(24)15-17-29(25,26)6/h8-9,18-21,24-27H,7,10-17H2,1-6H3/b9-8+/t20-,21+,24+,25-,26-,27-,28+,29-/m1/s1. The van der Waals surface area contributed by atoms with Crippen LogP contribution < -0.4 is 0 Å². The van der Waals surface area contributed by atoms with Crippen LogP contribution in [0.3, 0.4) is 0 Å². The molecule has 4 aliphatic rings. The average molecular weight is 411 g/mol. The molecule has 8 atom stereocenters. The zero-order valence-corrected chi connectivity index (χ0v) is 20.5. The Morgan fingerprint density at radius 3 is 2.47 bits per heavy atom. The minimum absolute atomic E-state index is 0.313. The van der Waals surface area contributed by atoms with E-state index in [0.717, 1.165) is 48.3 Å². The van der Waals surface area contributed by atoms with Crippen LogP contribution in [0.15, 0.2) is 23.8 Å². The maximum absolute atomic E-state index is 12.1. The number of rotatable bonds is 5. The summed E-state index contributed by atoms with van der Waals surface area (Å²) in [6.07, 6.45) is 18.5. The summed E-state index contributed by atoms with van der Waals surface area (Å²) >= 11 is 0. The van der Waals surface area contributed by atoms with Crippen molar-refractivity contribution < 1.29 is 4.79 Å². The number of hydrogen-bond acceptors (Lipinski definition) is 1. The van der Waals surface area contributed by atoms with E-state index in [1.807, 2.05) is 0 Å². The first kappa shape index (κ1) is 22.3. The average Bonchev–Trinajstić information content (AvgIpc) is 3.06. The molecule has 30 heavy (non-hydrogen) atoms. The van der Waals surface area contributed by atoms with E-state index in [1.54, 1.807) is 0 Å². The van der Waals surface area contributed by atoms with E-state index in [2.05, 4.69) is 59.8 Å². The minimum Gasteiger partial charge on any atom is -0.295 e. The molecule has 0 aromatic carbocycles. The molecule has 0 unspecified atom stereocenters. The number of ketones is 1. The fourth-order valence-corrected chi connectivity index (χ4v) is 8.75. The van der Waals surface area contributed by atoms with Crippen LogP contribution in [0.25, 0.3) is 0 Å². The summed E-state index contributed by atoms with van der Waals surface area (Å²) in [7, 11) is 0. The van der Waals surface area contributed by atoms with E-state index in [-0.39, 0.29) is 0 Å². The maximum Gasteiger partial charge on any atom is 0.155 e. The van der Waals surface area contributed by atoms with Crippen LogP contribution >= 0.6 is 0 Å². The fourth-order valence-electron chi connectivity index (χ4n) is 8.75. The van der Waals surface area contributed by atoms with Gasteiger partial charge in [0, 0.05) is 6.42 Å². The Labute approximate surface area is 186 Å². The van der Waals surface area contributed by atoms with Crippen LogP contribution in [0.4, 0.5) is 0 Å². The molecule has 1 heteroatoms. The molecule has 0 aromatic heterocycles. The maximum atomic E-state index is 12.1. The van der Waals surface area contributed by atoms with Crippen LogP contribution in [-0.2, 0) is 4.79 Å². The lowest BCUT2D eigenvalue weighted by Gasteiger charge is -2.58. The number of carbonyl (C=O) groups excluding carboxylic acids is 1. The van der Waals surface area contributed by atoms with Gasteiger partial charge in [-0.3, -0.25) is 4.79 Å². The lowest BCUT2D eigenvalue weighted by molar-refractivity contribution is -0.117. The molecule has 0 spiro atoms. The molecule has 3 saturated carbocycles. The van der Waals surface area contributed by atoms with E-state index in [0.29, 0.717) is 22.5 Å². The van der Waals surface area contributed by atoms with Gasteiger partial charge >= 0.3 is 0 Å². The lowest BCUT2D eigenvalue weighted by atomic mass is 9.46. The van der Waals surface area contributed by atoms with Crippen LogP contribution in [0, 0.1) is 52.3 Å². The normalized spacial score (nSPS) is 43.2. The molecule has 168 valence electrons. The van der Waals surface area contributed by atoms with Crippen molar-refractivity contribution in [3.63, 3.8) is 0 Å². The van der Waals surface area contributed by atoms with Gasteiger partial charge in [-0.25, -0.2) is 0 Å². The number of hydrogen-bond donors (Lipinski definition) is 0. The Bertz CT molecular complexity index is 714. The molecular weight excluding hydrogens is 364 g/mol. The number of allylic oxidation sites excluding steroid dienone is 3. The van der Waals surface area contributed by atoms with Crippen molar-refractivity contribution in [2.24, 2.45) is 52.3 Å². The zero-order chi connectivity index (χ0) is 21.7. The summed E-state index contributed by atoms with van der Waals surface area (Å²) in [5.41, 5.74) is 2.34. The molecule has 0 bridgehead atoms. The Morgan fingerprint density at radius 1 is 1.00 bits per heavy atom. The smallest absolute Gasteiger partial charge is 0.155 e. The topological polar surface area (TPSA) is 17.1 Å². The van der Waals surface area contributed by atoms with Gasteiger partial charge in [-0.05, 0) is 110 Å². The van der Waals surface area contributed by atoms with Gasteiger partial charge < -0.3 is 0 Å². The van der Waals surface area contributed by atoms with Crippen molar-refractivity contribution in [2.75, 3.05) is 0 Å². The first-order valence-electron chi connectivity index (χ1n) is 13.1. The summed E-state index contributed by atoms with van der Waals surface area (Å²) in [6, 6.07) is 0. The summed E-state index contributed by atoms with van der Waals surface area (Å²) in [4.78, 5) is 12.1.